The maximum absolute atomic E-state index is 11.6. The smallest absolute Gasteiger partial charge is 0.319 e. The highest BCUT2D eigenvalue weighted by atomic mass is 16.2. The lowest BCUT2D eigenvalue weighted by molar-refractivity contribution is 0.251. The van der Waals surface area contributed by atoms with Gasteiger partial charge in [-0.15, -0.1) is 0 Å². The summed E-state index contributed by atoms with van der Waals surface area (Å²) in [6.07, 6.45) is 5.71. The molecule has 2 rings (SSSR count). The Labute approximate surface area is 115 Å². The van der Waals surface area contributed by atoms with Crippen LogP contribution in [0.15, 0.2) is 30.3 Å². The molecule has 1 aromatic carbocycles. The number of hydrogen-bond donors (Lipinski definition) is 2. The van der Waals surface area contributed by atoms with Gasteiger partial charge >= 0.3 is 6.03 Å². The molecule has 0 atom stereocenters. The molecule has 1 aliphatic rings. The number of para-hydroxylation sites is 1. The molecule has 0 aliphatic carbocycles. The highest BCUT2D eigenvalue weighted by Crippen LogP contribution is 2.07. The number of rotatable bonds is 6. The van der Waals surface area contributed by atoms with Crippen LogP contribution in [0.5, 0.6) is 0 Å². The Morgan fingerprint density at radius 1 is 1.21 bits per heavy atom. The highest BCUT2D eigenvalue weighted by Gasteiger charge is 2.10. The minimum atomic E-state index is -0.124. The fourth-order valence-electron chi connectivity index (χ4n) is 2.20. The zero-order chi connectivity index (χ0) is 13.3. The van der Waals surface area contributed by atoms with E-state index in [1.807, 2.05) is 30.3 Å². The zero-order valence-electron chi connectivity index (χ0n) is 11.3. The summed E-state index contributed by atoms with van der Waals surface area (Å²) in [7, 11) is 0. The fourth-order valence-corrected chi connectivity index (χ4v) is 2.20. The number of nitrogens with zero attached hydrogens (tertiary/aromatic N) is 1. The van der Waals surface area contributed by atoms with Crippen LogP contribution in [0.3, 0.4) is 0 Å². The van der Waals surface area contributed by atoms with E-state index in [1.54, 1.807) is 0 Å². The molecule has 103 valence electrons. The standard InChI is InChI=1S/C15H22N3O/c19-15(17-14-8-2-1-3-9-14)16-10-4-5-11-18-12-6-7-13-18/h1-3,6,8-9H,4-5,7,10-13H2,(H2,16,17,19). The van der Waals surface area contributed by atoms with Crippen LogP contribution < -0.4 is 10.6 Å². The van der Waals surface area contributed by atoms with Crippen LogP contribution in [0.2, 0.25) is 0 Å². The third-order valence-corrected chi connectivity index (χ3v) is 3.26. The first-order chi connectivity index (χ1) is 9.34. The molecule has 1 aliphatic heterocycles. The average molecular weight is 260 g/mol. The third kappa shape index (κ3) is 5.30. The first kappa shape index (κ1) is 13.9. The predicted molar refractivity (Wildman–Crippen MR) is 78.1 cm³/mol. The van der Waals surface area contributed by atoms with Crippen LogP contribution >= 0.6 is 0 Å². The van der Waals surface area contributed by atoms with E-state index in [2.05, 4.69) is 22.0 Å². The minimum Gasteiger partial charge on any atom is -0.338 e. The maximum Gasteiger partial charge on any atom is 0.319 e. The number of benzene rings is 1. The van der Waals surface area contributed by atoms with E-state index >= 15 is 0 Å². The Bertz CT molecular complexity index is 374. The van der Waals surface area contributed by atoms with Crippen molar-refractivity contribution in [3.8, 4) is 0 Å². The van der Waals surface area contributed by atoms with Crippen molar-refractivity contribution >= 4 is 11.7 Å². The van der Waals surface area contributed by atoms with Gasteiger partial charge in [0, 0.05) is 18.8 Å². The third-order valence-electron chi connectivity index (χ3n) is 3.26. The highest BCUT2D eigenvalue weighted by molar-refractivity contribution is 5.89. The number of carbonyl (C=O) groups is 1. The quantitative estimate of drug-likeness (QED) is 0.772. The number of anilines is 1. The van der Waals surface area contributed by atoms with E-state index in [-0.39, 0.29) is 6.03 Å². The maximum atomic E-state index is 11.6. The van der Waals surface area contributed by atoms with E-state index in [4.69, 9.17) is 0 Å². The minimum absolute atomic E-state index is 0.124. The summed E-state index contributed by atoms with van der Waals surface area (Å²) in [5.74, 6) is 0. The first-order valence-electron chi connectivity index (χ1n) is 6.98. The van der Waals surface area contributed by atoms with Gasteiger partial charge in [-0.1, -0.05) is 18.2 Å². The number of unbranched alkanes of at least 4 members (excludes halogenated alkanes) is 1. The number of amides is 2. The van der Waals surface area contributed by atoms with Gasteiger partial charge in [0.2, 0.25) is 0 Å². The summed E-state index contributed by atoms with van der Waals surface area (Å²) in [5, 5.41) is 5.69. The van der Waals surface area contributed by atoms with Crippen LogP contribution in [-0.4, -0.2) is 37.1 Å². The first-order valence-corrected chi connectivity index (χ1v) is 6.98. The molecule has 19 heavy (non-hydrogen) atoms. The van der Waals surface area contributed by atoms with E-state index in [0.717, 1.165) is 38.2 Å². The van der Waals surface area contributed by atoms with Gasteiger partial charge in [-0.05, 0) is 50.9 Å². The Hall–Kier alpha value is -1.55. The molecular formula is C15H22N3O. The summed E-state index contributed by atoms with van der Waals surface area (Å²) in [6, 6.07) is 9.37. The van der Waals surface area contributed by atoms with Gasteiger partial charge in [0.05, 0.1) is 0 Å². The second-order valence-electron chi connectivity index (χ2n) is 4.83. The van der Waals surface area contributed by atoms with Crippen LogP contribution in [-0.2, 0) is 0 Å². The lowest BCUT2D eigenvalue weighted by Gasteiger charge is -2.14. The normalized spacial score (nSPS) is 15.4. The number of urea groups is 1. The molecule has 1 fully saturated rings. The SMILES string of the molecule is O=C(NCCCCN1C[CH]CC1)Nc1ccccc1. The monoisotopic (exact) mass is 260 g/mol. The van der Waals surface area contributed by atoms with E-state index in [1.165, 1.54) is 13.0 Å². The Morgan fingerprint density at radius 3 is 2.79 bits per heavy atom. The molecule has 1 radical (unpaired) electrons. The van der Waals surface area contributed by atoms with Crippen LogP contribution in [0, 0.1) is 6.42 Å². The average Bonchev–Trinajstić information content (AvgIpc) is 2.92. The van der Waals surface area contributed by atoms with Crippen molar-refractivity contribution in [1.29, 1.82) is 0 Å². The molecule has 0 unspecified atom stereocenters. The van der Waals surface area contributed by atoms with Crippen LogP contribution in [0.25, 0.3) is 0 Å². The number of carbonyl (C=O) groups excluding carboxylic acids is 1. The van der Waals surface area contributed by atoms with Crippen molar-refractivity contribution in [3.05, 3.63) is 36.8 Å². The molecule has 2 N–H and O–H groups in total. The molecule has 1 saturated heterocycles. The molecule has 0 saturated carbocycles. The molecule has 0 spiro atoms. The molecule has 0 bridgehead atoms. The Balaban J connectivity index is 1.51. The van der Waals surface area contributed by atoms with Gasteiger partial charge in [-0.3, -0.25) is 0 Å². The Morgan fingerprint density at radius 2 is 2.05 bits per heavy atom. The summed E-state index contributed by atoms with van der Waals surface area (Å²) < 4.78 is 0. The molecule has 1 heterocycles. The summed E-state index contributed by atoms with van der Waals surface area (Å²) in [6.45, 7) is 4.19. The van der Waals surface area contributed by atoms with Crippen LogP contribution in [0.1, 0.15) is 19.3 Å². The molecule has 2 amide bonds. The van der Waals surface area contributed by atoms with Crippen molar-refractivity contribution in [1.82, 2.24) is 10.2 Å². The Kier molecular flexibility index (Phi) is 5.69. The number of nitrogens with one attached hydrogen (secondary N) is 2. The summed E-state index contributed by atoms with van der Waals surface area (Å²) in [4.78, 5) is 14.0. The molecule has 0 aromatic heterocycles. The van der Waals surface area contributed by atoms with E-state index in [9.17, 15) is 4.79 Å². The van der Waals surface area contributed by atoms with Gasteiger partial charge in [-0.2, -0.15) is 0 Å². The van der Waals surface area contributed by atoms with E-state index < -0.39 is 0 Å². The largest absolute Gasteiger partial charge is 0.338 e. The van der Waals surface area contributed by atoms with Crippen molar-refractivity contribution in [2.75, 3.05) is 31.5 Å². The van der Waals surface area contributed by atoms with E-state index in [0.29, 0.717) is 0 Å². The van der Waals surface area contributed by atoms with Gasteiger partial charge in [-0.25, -0.2) is 4.79 Å². The van der Waals surface area contributed by atoms with Crippen molar-refractivity contribution in [3.63, 3.8) is 0 Å². The molecule has 4 nitrogen and oxygen atoms in total. The lowest BCUT2D eigenvalue weighted by Crippen LogP contribution is -2.30. The van der Waals surface area contributed by atoms with Gasteiger partial charge in [0.15, 0.2) is 0 Å². The molecule has 1 aromatic rings. The van der Waals surface area contributed by atoms with Crippen molar-refractivity contribution in [2.24, 2.45) is 0 Å². The molecule has 4 heteroatoms. The zero-order valence-corrected chi connectivity index (χ0v) is 11.3. The second-order valence-corrected chi connectivity index (χ2v) is 4.83. The van der Waals surface area contributed by atoms with Gasteiger partial charge in [0.25, 0.3) is 0 Å². The lowest BCUT2D eigenvalue weighted by atomic mass is 10.3. The second kappa shape index (κ2) is 7.79. The van der Waals surface area contributed by atoms with Crippen molar-refractivity contribution in [2.45, 2.75) is 19.3 Å². The summed E-state index contributed by atoms with van der Waals surface area (Å²) in [5.41, 5.74) is 0.826. The summed E-state index contributed by atoms with van der Waals surface area (Å²) >= 11 is 0. The fraction of sp³-hybridized carbons (Fsp3) is 0.467. The number of hydrogen-bond acceptors (Lipinski definition) is 2. The van der Waals surface area contributed by atoms with Gasteiger partial charge in [0.1, 0.15) is 0 Å². The predicted octanol–water partition coefficient (Wildman–Crippen LogP) is 2.50. The van der Waals surface area contributed by atoms with Gasteiger partial charge < -0.3 is 15.5 Å². The molecular weight excluding hydrogens is 238 g/mol. The van der Waals surface area contributed by atoms with Crippen molar-refractivity contribution < 1.29 is 4.79 Å². The topological polar surface area (TPSA) is 44.4 Å². The van der Waals surface area contributed by atoms with Crippen LogP contribution in [0.4, 0.5) is 10.5 Å². The number of likely N-dealkylation sites (tertiary alicyclic amines) is 1.